The number of nitrogens with zero attached hydrogens (tertiary/aromatic N) is 1. The number of hydrogen-bond donors (Lipinski definition) is 3. The van der Waals surface area contributed by atoms with Gasteiger partial charge in [0.2, 0.25) is 0 Å². The van der Waals surface area contributed by atoms with Crippen LogP contribution in [-0.2, 0) is 0 Å². The highest BCUT2D eigenvalue weighted by Gasteiger charge is 2.59. The molecule has 5 atom stereocenters. The lowest BCUT2D eigenvalue weighted by molar-refractivity contribution is -0.0316. The number of aliphatic hydroxyl groups is 3. The Hall–Kier alpha value is -0.420. The van der Waals surface area contributed by atoms with Gasteiger partial charge in [0.1, 0.15) is 12.2 Å². The van der Waals surface area contributed by atoms with Gasteiger partial charge in [0.15, 0.2) is 0 Å². The maximum Gasteiger partial charge on any atom is 0.103 e. The zero-order chi connectivity index (χ0) is 11.3. The van der Waals surface area contributed by atoms with Crippen LogP contribution in [0, 0.1) is 0 Å². The number of aliphatic hydroxyl groups excluding tert-OH is 3. The van der Waals surface area contributed by atoms with Gasteiger partial charge in [0.25, 0.3) is 0 Å². The molecule has 16 heavy (non-hydrogen) atoms. The minimum Gasteiger partial charge on any atom is -0.391 e. The maximum atomic E-state index is 10.2. The molecular weight excluding hydrogens is 206 g/mol. The highest BCUT2D eigenvalue weighted by atomic mass is 16.3. The molecule has 1 unspecified atom stereocenters. The molecule has 0 aromatic rings. The van der Waals surface area contributed by atoms with Crippen LogP contribution in [0.15, 0.2) is 12.2 Å². The van der Waals surface area contributed by atoms with E-state index in [1.54, 1.807) is 0 Å². The van der Waals surface area contributed by atoms with E-state index < -0.39 is 23.9 Å². The highest BCUT2D eigenvalue weighted by Crippen LogP contribution is 2.45. The van der Waals surface area contributed by atoms with E-state index in [0.29, 0.717) is 0 Å². The molecule has 1 spiro atoms. The van der Waals surface area contributed by atoms with E-state index in [1.807, 2.05) is 6.08 Å². The topological polar surface area (TPSA) is 63.9 Å². The van der Waals surface area contributed by atoms with Crippen LogP contribution in [0.2, 0.25) is 0 Å². The molecule has 3 aliphatic rings. The van der Waals surface area contributed by atoms with Gasteiger partial charge in [0.05, 0.1) is 17.7 Å². The van der Waals surface area contributed by atoms with Crippen LogP contribution in [0.3, 0.4) is 0 Å². The summed E-state index contributed by atoms with van der Waals surface area (Å²) in [6.45, 7) is 0.861. The Bertz CT molecular complexity index is 319. The zero-order valence-electron chi connectivity index (χ0n) is 9.29. The quantitative estimate of drug-likeness (QED) is 0.492. The number of piperidine rings is 1. The lowest BCUT2D eigenvalue weighted by atomic mass is 9.91. The molecule has 2 fully saturated rings. The summed E-state index contributed by atoms with van der Waals surface area (Å²) in [6, 6.07) is -0.286. The first-order valence-corrected chi connectivity index (χ1v) is 6.15. The molecule has 0 bridgehead atoms. The van der Waals surface area contributed by atoms with Crippen molar-refractivity contribution in [3.05, 3.63) is 12.2 Å². The Morgan fingerprint density at radius 2 is 2.06 bits per heavy atom. The highest BCUT2D eigenvalue weighted by molar-refractivity contribution is 5.25. The zero-order valence-corrected chi connectivity index (χ0v) is 9.29. The number of allylic oxidation sites excluding steroid dienone is 1. The molecule has 1 aliphatic carbocycles. The monoisotopic (exact) mass is 225 g/mol. The largest absolute Gasteiger partial charge is 0.391 e. The van der Waals surface area contributed by atoms with Gasteiger partial charge in [-0.05, 0) is 32.2 Å². The summed E-state index contributed by atoms with van der Waals surface area (Å²) >= 11 is 0. The van der Waals surface area contributed by atoms with E-state index in [0.717, 1.165) is 32.2 Å². The summed E-state index contributed by atoms with van der Waals surface area (Å²) < 4.78 is 0. The van der Waals surface area contributed by atoms with E-state index >= 15 is 0 Å². The molecule has 3 N–H and O–H groups in total. The van der Waals surface area contributed by atoms with Gasteiger partial charge in [-0.1, -0.05) is 12.2 Å². The minimum atomic E-state index is -0.821. The van der Waals surface area contributed by atoms with Crippen LogP contribution in [0.4, 0.5) is 0 Å². The molecule has 4 heteroatoms. The lowest BCUT2D eigenvalue weighted by Gasteiger charge is -2.42. The predicted molar refractivity (Wildman–Crippen MR) is 58.9 cm³/mol. The Balaban J connectivity index is 1.99. The summed E-state index contributed by atoms with van der Waals surface area (Å²) in [7, 11) is 0. The Labute approximate surface area is 95.2 Å². The van der Waals surface area contributed by atoms with E-state index in [9.17, 15) is 15.3 Å². The van der Waals surface area contributed by atoms with Crippen molar-refractivity contribution in [1.82, 2.24) is 4.90 Å². The molecule has 2 saturated heterocycles. The van der Waals surface area contributed by atoms with Gasteiger partial charge < -0.3 is 15.3 Å². The first-order chi connectivity index (χ1) is 7.67. The van der Waals surface area contributed by atoms with Crippen LogP contribution in [0.5, 0.6) is 0 Å². The normalized spacial score (nSPS) is 52.4. The second-order valence-corrected chi connectivity index (χ2v) is 5.26. The minimum absolute atomic E-state index is 0.286. The van der Waals surface area contributed by atoms with Gasteiger partial charge in [-0.25, -0.2) is 0 Å². The smallest absolute Gasteiger partial charge is 0.103 e. The third-order valence-electron chi connectivity index (χ3n) is 4.49. The van der Waals surface area contributed by atoms with Gasteiger partial charge in [-0.3, -0.25) is 4.90 Å². The third-order valence-corrected chi connectivity index (χ3v) is 4.49. The van der Waals surface area contributed by atoms with Gasteiger partial charge >= 0.3 is 0 Å². The van der Waals surface area contributed by atoms with Crippen molar-refractivity contribution >= 4 is 0 Å². The third kappa shape index (κ3) is 1.19. The SMILES string of the molecule is O[C@H]1[C@@H]2[C@@H](O)CCCN2C2(C=CCC2)[C@H]1O. The molecule has 90 valence electrons. The van der Waals surface area contributed by atoms with Crippen molar-refractivity contribution < 1.29 is 15.3 Å². The van der Waals surface area contributed by atoms with Crippen LogP contribution < -0.4 is 0 Å². The second kappa shape index (κ2) is 3.53. The predicted octanol–water partition coefficient (Wildman–Crippen LogP) is -0.364. The van der Waals surface area contributed by atoms with Crippen molar-refractivity contribution in [3.8, 4) is 0 Å². The van der Waals surface area contributed by atoms with E-state index in [4.69, 9.17) is 0 Å². The van der Waals surface area contributed by atoms with Crippen LogP contribution >= 0.6 is 0 Å². The van der Waals surface area contributed by atoms with Gasteiger partial charge in [-0.2, -0.15) is 0 Å². The van der Waals surface area contributed by atoms with Crippen LogP contribution in [-0.4, -0.2) is 56.7 Å². The Kier molecular flexibility index (Phi) is 2.37. The first kappa shape index (κ1) is 10.7. The molecule has 2 aliphatic heterocycles. The molecule has 0 saturated carbocycles. The van der Waals surface area contributed by atoms with E-state index in [1.165, 1.54) is 0 Å². The van der Waals surface area contributed by atoms with Crippen molar-refractivity contribution in [2.45, 2.75) is 55.6 Å². The fraction of sp³-hybridized carbons (Fsp3) is 0.833. The molecule has 0 aromatic heterocycles. The van der Waals surface area contributed by atoms with Gasteiger partial charge in [-0.15, -0.1) is 0 Å². The van der Waals surface area contributed by atoms with E-state index in [-0.39, 0.29) is 6.04 Å². The molecular formula is C12H19NO3. The Morgan fingerprint density at radius 1 is 1.25 bits per heavy atom. The average Bonchev–Trinajstić information content (AvgIpc) is 2.83. The second-order valence-electron chi connectivity index (χ2n) is 5.26. The summed E-state index contributed by atoms with van der Waals surface area (Å²) in [5.74, 6) is 0. The van der Waals surface area contributed by atoms with E-state index in [2.05, 4.69) is 11.0 Å². The van der Waals surface area contributed by atoms with Crippen molar-refractivity contribution in [2.24, 2.45) is 0 Å². The summed E-state index contributed by atoms with van der Waals surface area (Å²) in [6.07, 6.45) is 5.47. The number of rotatable bonds is 0. The van der Waals surface area contributed by atoms with Crippen molar-refractivity contribution in [3.63, 3.8) is 0 Å². The number of hydrogen-bond acceptors (Lipinski definition) is 4. The molecule has 2 heterocycles. The molecule has 0 amide bonds. The Morgan fingerprint density at radius 3 is 2.75 bits per heavy atom. The molecule has 3 rings (SSSR count). The number of fused-ring (bicyclic) bond motifs is 2. The van der Waals surface area contributed by atoms with Crippen LogP contribution in [0.1, 0.15) is 25.7 Å². The standard InChI is InChI=1S/C12H19NO3/c14-8-4-3-7-13-9(8)10(15)11(16)12(13)5-1-2-6-12/h1,5,8-11,14-16H,2-4,6-7H2/t8-,9-,10-,11-,12?/m0/s1. The summed E-state index contributed by atoms with van der Waals surface area (Å²) in [4.78, 5) is 2.12. The van der Waals surface area contributed by atoms with Crippen LogP contribution in [0.25, 0.3) is 0 Å². The summed E-state index contributed by atoms with van der Waals surface area (Å²) in [5.41, 5.74) is -0.411. The first-order valence-electron chi connectivity index (χ1n) is 6.15. The van der Waals surface area contributed by atoms with Crippen molar-refractivity contribution in [2.75, 3.05) is 6.54 Å². The fourth-order valence-corrected chi connectivity index (χ4v) is 3.72. The maximum absolute atomic E-state index is 10.2. The van der Waals surface area contributed by atoms with Crippen molar-refractivity contribution in [1.29, 1.82) is 0 Å². The fourth-order valence-electron chi connectivity index (χ4n) is 3.72. The summed E-state index contributed by atoms with van der Waals surface area (Å²) in [5, 5.41) is 30.3. The molecule has 4 nitrogen and oxygen atoms in total. The average molecular weight is 225 g/mol. The van der Waals surface area contributed by atoms with Gasteiger partial charge in [0, 0.05) is 0 Å². The lowest BCUT2D eigenvalue weighted by Crippen LogP contribution is -2.54. The molecule has 0 aromatic carbocycles. The molecule has 0 radical (unpaired) electrons.